The van der Waals surface area contributed by atoms with E-state index < -0.39 is 26.5 Å². The fraction of sp³-hybridized carbons (Fsp3) is 0.923. The van der Waals surface area contributed by atoms with Crippen LogP contribution >= 0.6 is 7.82 Å². The van der Waals surface area contributed by atoms with E-state index in [1.54, 1.807) is 0 Å². The van der Waals surface area contributed by atoms with Crippen LogP contribution in [0.2, 0.25) is 0 Å². The Morgan fingerprint density at radius 1 is 0.484 bits per heavy atom. The molecule has 2 atom stereocenters. The number of esters is 2. The molecule has 368 valence electrons. The Hall–Kier alpha value is -1.25. The lowest BCUT2D eigenvalue weighted by molar-refractivity contribution is -0.870. The van der Waals surface area contributed by atoms with Gasteiger partial charge in [-0.25, -0.2) is 4.57 Å². The lowest BCUT2D eigenvalue weighted by Crippen LogP contribution is -2.37. The number of ether oxygens (including phenoxy) is 2. The number of nitrogens with zero attached hydrogens (tertiary/aromatic N) is 1. The van der Waals surface area contributed by atoms with E-state index in [0.717, 1.165) is 38.5 Å². The van der Waals surface area contributed by atoms with Crippen LogP contribution in [0.15, 0.2) is 12.2 Å². The van der Waals surface area contributed by atoms with Gasteiger partial charge in [-0.2, -0.15) is 0 Å². The summed E-state index contributed by atoms with van der Waals surface area (Å²) in [5, 5.41) is 0. The summed E-state index contributed by atoms with van der Waals surface area (Å²) in [6.07, 6.45) is 49.9. The molecule has 0 saturated heterocycles. The molecule has 62 heavy (non-hydrogen) atoms. The molecular weight excluding hydrogens is 798 g/mol. The summed E-state index contributed by atoms with van der Waals surface area (Å²) in [4.78, 5) is 35.5. The van der Waals surface area contributed by atoms with Crippen molar-refractivity contribution in [2.45, 2.75) is 264 Å². The van der Waals surface area contributed by atoms with Crippen molar-refractivity contribution in [3.8, 4) is 0 Å². The molecule has 0 aliphatic heterocycles. The zero-order valence-electron chi connectivity index (χ0n) is 41.6. The number of rotatable bonds is 49. The smallest absolute Gasteiger partial charge is 0.462 e. The van der Waals surface area contributed by atoms with Gasteiger partial charge in [0.2, 0.25) is 0 Å². The molecule has 0 radical (unpaired) electrons. The predicted molar refractivity (Wildman–Crippen MR) is 261 cm³/mol. The van der Waals surface area contributed by atoms with Crippen LogP contribution in [0.25, 0.3) is 0 Å². The van der Waals surface area contributed by atoms with E-state index in [1.807, 2.05) is 21.1 Å². The second-order valence-corrected chi connectivity index (χ2v) is 20.7. The molecule has 0 aromatic rings. The summed E-state index contributed by atoms with van der Waals surface area (Å²) in [7, 11) is 1.48. The zero-order chi connectivity index (χ0) is 45.7. The topological polar surface area (TPSA) is 108 Å². The third-order valence-electron chi connectivity index (χ3n) is 11.8. The highest BCUT2D eigenvalue weighted by Gasteiger charge is 2.27. The lowest BCUT2D eigenvalue weighted by Gasteiger charge is -2.24. The average Bonchev–Trinajstić information content (AvgIpc) is 3.23. The van der Waals surface area contributed by atoms with E-state index in [9.17, 15) is 19.0 Å². The average molecular weight is 901 g/mol. The van der Waals surface area contributed by atoms with Gasteiger partial charge in [0, 0.05) is 12.8 Å². The molecule has 1 N–H and O–H groups in total. The number of quaternary nitrogens is 1. The number of hydrogen-bond donors (Lipinski definition) is 1. The quantitative estimate of drug-likeness (QED) is 0.0211. The minimum absolute atomic E-state index is 0.0317. The number of unbranched alkanes of at least 4 members (excludes halogenated alkanes) is 33. The second kappa shape index (κ2) is 44.9. The number of phosphoric acid groups is 1. The third-order valence-corrected chi connectivity index (χ3v) is 12.8. The van der Waals surface area contributed by atoms with Crippen LogP contribution in [0.3, 0.4) is 0 Å². The monoisotopic (exact) mass is 901 g/mol. The zero-order valence-corrected chi connectivity index (χ0v) is 42.5. The molecule has 0 aliphatic carbocycles. The molecule has 1 unspecified atom stereocenters. The Kier molecular flexibility index (Phi) is 44.0. The van der Waals surface area contributed by atoms with Crippen molar-refractivity contribution in [1.29, 1.82) is 0 Å². The van der Waals surface area contributed by atoms with Gasteiger partial charge in [-0.1, -0.05) is 219 Å². The van der Waals surface area contributed by atoms with E-state index in [-0.39, 0.29) is 25.6 Å². The molecule has 0 aromatic carbocycles. The second-order valence-electron chi connectivity index (χ2n) is 19.3. The highest BCUT2D eigenvalue weighted by atomic mass is 31.2. The summed E-state index contributed by atoms with van der Waals surface area (Å²) in [5.74, 6) is -0.808. The fourth-order valence-electron chi connectivity index (χ4n) is 7.66. The summed E-state index contributed by atoms with van der Waals surface area (Å²) in [6.45, 7) is 4.45. The molecule has 0 rings (SSSR count). The first kappa shape index (κ1) is 60.8. The van der Waals surface area contributed by atoms with E-state index >= 15 is 0 Å². The molecule has 0 spiro atoms. The standard InChI is InChI=1S/C52H102NO8P/c1-6-8-10-12-14-16-18-20-22-23-24-25-26-27-28-29-31-32-34-36-38-40-42-44-51(54)58-48-50(49-60-62(56,57)59-47-46-53(3,4)5)61-52(55)45-43-41-39-37-35-33-30-21-19-17-15-13-11-9-7-2/h35,37,50H,6-34,36,38-49H2,1-5H3/p+1/b37-35+/t50-/m0/s1. The molecule has 0 heterocycles. The van der Waals surface area contributed by atoms with E-state index in [0.29, 0.717) is 23.9 Å². The van der Waals surface area contributed by atoms with Crippen LogP contribution in [0, 0.1) is 0 Å². The summed E-state index contributed by atoms with van der Waals surface area (Å²) < 4.78 is 34.4. The van der Waals surface area contributed by atoms with Crippen LogP contribution in [0.4, 0.5) is 0 Å². The minimum atomic E-state index is -4.38. The molecule has 0 bridgehead atoms. The summed E-state index contributed by atoms with van der Waals surface area (Å²) in [5.41, 5.74) is 0. The number of carbonyl (C=O) groups is 2. The van der Waals surface area contributed by atoms with Crippen molar-refractivity contribution < 1.29 is 42.1 Å². The van der Waals surface area contributed by atoms with Crippen molar-refractivity contribution in [1.82, 2.24) is 0 Å². The van der Waals surface area contributed by atoms with Crippen LogP contribution < -0.4 is 0 Å². The van der Waals surface area contributed by atoms with E-state index in [4.69, 9.17) is 18.5 Å². The van der Waals surface area contributed by atoms with Crippen molar-refractivity contribution in [3.63, 3.8) is 0 Å². The Labute approximate surface area is 384 Å². The summed E-state index contributed by atoms with van der Waals surface area (Å²) >= 11 is 0. The fourth-order valence-corrected chi connectivity index (χ4v) is 8.40. The van der Waals surface area contributed by atoms with Crippen LogP contribution in [-0.2, 0) is 32.7 Å². The van der Waals surface area contributed by atoms with Crippen LogP contribution in [0.1, 0.15) is 258 Å². The largest absolute Gasteiger partial charge is 0.472 e. The van der Waals surface area contributed by atoms with E-state index in [2.05, 4.69) is 26.0 Å². The first-order valence-corrected chi connectivity index (χ1v) is 27.9. The number of allylic oxidation sites excluding steroid dienone is 2. The maximum atomic E-state index is 12.7. The third kappa shape index (κ3) is 48.2. The van der Waals surface area contributed by atoms with Gasteiger partial charge in [0.05, 0.1) is 27.7 Å². The predicted octanol–water partition coefficient (Wildman–Crippen LogP) is 15.7. The van der Waals surface area contributed by atoms with Gasteiger partial charge in [-0.05, 0) is 38.5 Å². The molecule has 0 aromatic heterocycles. The first-order chi connectivity index (χ1) is 30.0. The van der Waals surface area contributed by atoms with Crippen molar-refractivity contribution >= 4 is 19.8 Å². The SMILES string of the molecule is CCCCCCCCCCC/C=C/CCCCC(=O)O[C@@H](COC(=O)CCCCCCCCCCCCCCCCCCCCCCCCC)COP(=O)(O)OCC[N+](C)(C)C. The highest BCUT2D eigenvalue weighted by Crippen LogP contribution is 2.43. The molecular formula is C52H103NO8P+. The molecule has 9 nitrogen and oxygen atoms in total. The number of likely N-dealkylation sites (N-methyl/N-ethyl adjacent to an activating group) is 1. The Bertz CT molecular complexity index is 1060. The van der Waals surface area contributed by atoms with E-state index in [1.165, 1.54) is 186 Å². The molecule has 0 fully saturated rings. The van der Waals surface area contributed by atoms with Crippen molar-refractivity contribution in [2.75, 3.05) is 47.5 Å². The Balaban J connectivity index is 4.16. The normalized spacial score (nSPS) is 13.5. The molecule has 0 saturated carbocycles. The molecule has 10 heteroatoms. The van der Waals surface area contributed by atoms with Crippen LogP contribution in [-0.4, -0.2) is 74.9 Å². The van der Waals surface area contributed by atoms with Gasteiger partial charge in [0.1, 0.15) is 19.8 Å². The van der Waals surface area contributed by atoms with Crippen LogP contribution in [0.5, 0.6) is 0 Å². The maximum absolute atomic E-state index is 12.7. The molecule has 0 amide bonds. The van der Waals surface area contributed by atoms with Gasteiger partial charge in [0.15, 0.2) is 6.10 Å². The Morgan fingerprint density at radius 3 is 1.23 bits per heavy atom. The first-order valence-electron chi connectivity index (χ1n) is 26.4. The lowest BCUT2D eigenvalue weighted by atomic mass is 10.0. The number of carbonyl (C=O) groups excluding carboxylic acids is 2. The van der Waals surface area contributed by atoms with Gasteiger partial charge in [0.25, 0.3) is 0 Å². The minimum Gasteiger partial charge on any atom is -0.462 e. The maximum Gasteiger partial charge on any atom is 0.472 e. The van der Waals surface area contributed by atoms with Crippen molar-refractivity contribution in [3.05, 3.63) is 12.2 Å². The van der Waals surface area contributed by atoms with Gasteiger partial charge in [-0.3, -0.25) is 18.6 Å². The highest BCUT2D eigenvalue weighted by molar-refractivity contribution is 7.47. The van der Waals surface area contributed by atoms with Gasteiger partial charge in [-0.15, -0.1) is 0 Å². The van der Waals surface area contributed by atoms with Crippen molar-refractivity contribution in [2.24, 2.45) is 0 Å². The Morgan fingerprint density at radius 2 is 0.823 bits per heavy atom. The number of phosphoric ester groups is 1. The van der Waals surface area contributed by atoms with Gasteiger partial charge < -0.3 is 18.9 Å². The van der Waals surface area contributed by atoms with Gasteiger partial charge >= 0.3 is 19.8 Å². The number of hydrogen-bond acceptors (Lipinski definition) is 7. The summed E-state index contributed by atoms with van der Waals surface area (Å²) in [6, 6.07) is 0. The molecule has 0 aliphatic rings.